The summed E-state index contributed by atoms with van der Waals surface area (Å²) in [6, 6.07) is 16.5. The van der Waals surface area contributed by atoms with Crippen molar-refractivity contribution in [3.05, 3.63) is 76.0 Å². The van der Waals surface area contributed by atoms with Crippen molar-refractivity contribution < 1.29 is 9.59 Å². The molecule has 0 radical (unpaired) electrons. The van der Waals surface area contributed by atoms with Gasteiger partial charge in [0, 0.05) is 35.1 Å². The van der Waals surface area contributed by atoms with Crippen LogP contribution < -0.4 is 4.90 Å². The minimum Gasteiger partial charge on any atom is -0.294 e. The number of carbonyl (C=O) groups is 2. The smallest absolute Gasteiger partial charge is 0.232 e. The molecule has 5 heteroatoms. The maximum atomic E-state index is 13.1. The molecule has 2 aromatic rings. The van der Waals surface area contributed by atoms with E-state index in [1.54, 1.807) is 41.3 Å². The van der Waals surface area contributed by atoms with Crippen molar-refractivity contribution in [2.24, 2.45) is 0 Å². The molecule has 27 heavy (non-hydrogen) atoms. The second kappa shape index (κ2) is 7.02. The van der Waals surface area contributed by atoms with E-state index in [1.165, 1.54) is 0 Å². The van der Waals surface area contributed by atoms with Crippen molar-refractivity contribution in [1.82, 2.24) is 0 Å². The third-order valence-electron chi connectivity index (χ3n) is 5.21. The molecule has 2 aliphatic rings. The minimum absolute atomic E-state index is 0.0862. The molecule has 0 spiro atoms. The second-order valence-electron chi connectivity index (χ2n) is 6.80. The van der Waals surface area contributed by atoms with E-state index in [9.17, 15) is 14.9 Å². The Kier molecular flexibility index (Phi) is 4.55. The number of hydrogen-bond acceptors (Lipinski definition) is 3. The van der Waals surface area contributed by atoms with Gasteiger partial charge in [-0.2, -0.15) is 5.26 Å². The molecule has 1 aliphatic carbocycles. The van der Waals surface area contributed by atoms with Crippen LogP contribution in [0.2, 0.25) is 5.02 Å². The Balaban J connectivity index is 1.89. The molecule has 0 saturated carbocycles. The molecule has 0 N–H and O–H groups in total. The number of nitriles is 1. The lowest BCUT2D eigenvalue weighted by atomic mass is 9.77. The van der Waals surface area contributed by atoms with Crippen molar-refractivity contribution in [2.75, 3.05) is 4.90 Å². The number of halogens is 1. The van der Waals surface area contributed by atoms with E-state index in [2.05, 4.69) is 6.07 Å². The zero-order chi connectivity index (χ0) is 19.0. The van der Waals surface area contributed by atoms with Crippen molar-refractivity contribution in [1.29, 1.82) is 5.26 Å². The van der Waals surface area contributed by atoms with Crippen molar-refractivity contribution in [2.45, 2.75) is 31.6 Å². The van der Waals surface area contributed by atoms with Crippen LogP contribution in [0, 0.1) is 11.3 Å². The molecule has 4 nitrogen and oxygen atoms in total. The SMILES string of the molecule is N#Cc1ccccc1N1C(=O)CC(c2ccc(Cl)cc2)C2=C1CCCC2=O. The number of anilines is 1. The number of amides is 1. The Morgan fingerprint density at radius 1 is 1.04 bits per heavy atom. The van der Waals surface area contributed by atoms with E-state index in [0.717, 1.165) is 11.3 Å². The highest BCUT2D eigenvalue weighted by molar-refractivity contribution is 6.30. The number of hydrogen-bond donors (Lipinski definition) is 0. The minimum atomic E-state index is -0.261. The van der Waals surface area contributed by atoms with Gasteiger partial charge in [0.25, 0.3) is 0 Å². The van der Waals surface area contributed by atoms with E-state index >= 15 is 0 Å². The summed E-state index contributed by atoms with van der Waals surface area (Å²) in [6.45, 7) is 0. The highest BCUT2D eigenvalue weighted by atomic mass is 35.5. The fourth-order valence-electron chi connectivity index (χ4n) is 4.02. The molecule has 1 unspecified atom stereocenters. The van der Waals surface area contributed by atoms with Crippen LogP contribution in [0.5, 0.6) is 0 Å². The predicted molar refractivity (Wildman–Crippen MR) is 103 cm³/mol. The van der Waals surface area contributed by atoms with Gasteiger partial charge in [-0.15, -0.1) is 0 Å². The zero-order valence-corrected chi connectivity index (χ0v) is 15.4. The molecule has 0 fully saturated rings. The van der Waals surface area contributed by atoms with Crippen molar-refractivity contribution >= 4 is 29.0 Å². The quantitative estimate of drug-likeness (QED) is 0.760. The summed E-state index contributed by atoms with van der Waals surface area (Å²) in [7, 11) is 0. The maximum Gasteiger partial charge on any atom is 0.232 e. The molecule has 0 aromatic heterocycles. The number of benzene rings is 2. The fraction of sp³-hybridized carbons (Fsp3) is 0.227. The molecule has 1 aliphatic heterocycles. The van der Waals surface area contributed by atoms with Crippen molar-refractivity contribution in [3.63, 3.8) is 0 Å². The third-order valence-corrected chi connectivity index (χ3v) is 5.47. The summed E-state index contributed by atoms with van der Waals surface area (Å²) < 4.78 is 0. The normalized spacial score (nSPS) is 19.7. The van der Waals surface area contributed by atoms with Gasteiger partial charge in [0.2, 0.25) is 5.91 Å². The van der Waals surface area contributed by atoms with Gasteiger partial charge >= 0.3 is 0 Å². The van der Waals surface area contributed by atoms with Gasteiger partial charge in [0.05, 0.1) is 11.3 Å². The van der Waals surface area contributed by atoms with Crippen LogP contribution in [0.3, 0.4) is 0 Å². The van der Waals surface area contributed by atoms with Gasteiger partial charge < -0.3 is 0 Å². The molecule has 1 heterocycles. The first-order chi connectivity index (χ1) is 13.1. The number of para-hydroxylation sites is 1. The molecule has 2 aromatic carbocycles. The Morgan fingerprint density at radius 2 is 1.78 bits per heavy atom. The first-order valence-corrected chi connectivity index (χ1v) is 9.31. The van der Waals surface area contributed by atoms with E-state index in [-0.39, 0.29) is 24.0 Å². The van der Waals surface area contributed by atoms with Gasteiger partial charge in [-0.05, 0) is 42.7 Å². The van der Waals surface area contributed by atoms with Gasteiger partial charge in [-0.3, -0.25) is 14.5 Å². The Morgan fingerprint density at radius 3 is 2.52 bits per heavy atom. The summed E-state index contributed by atoms with van der Waals surface area (Å²) in [4.78, 5) is 27.5. The van der Waals surface area contributed by atoms with Crippen molar-refractivity contribution in [3.8, 4) is 6.07 Å². The van der Waals surface area contributed by atoms with Crippen LogP contribution >= 0.6 is 11.6 Å². The number of Topliss-reactive ketones (excluding diaryl/α,β-unsaturated/α-hetero) is 1. The average Bonchev–Trinajstić information content (AvgIpc) is 2.68. The molecule has 1 amide bonds. The van der Waals surface area contributed by atoms with Gasteiger partial charge in [0.1, 0.15) is 6.07 Å². The van der Waals surface area contributed by atoms with Crippen LogP contribution in [0.15, 0.2) is 59.8 Å². The lowest BCUT2D eigenvalue weighted by Gasteiger charge is -2.38. The lowest BCUT2D eigenvalue weighted by Crippen LogP contribution is -2.40. The lowest BCUT2D eigenvalue weighted by molar-refractivity contribution is -0.119. The molecule has 134 valence electrons. The van der Waals surface area contributed by atoms with E-state index in [4.69, 9.17) is 11.6 Å². The molecule has 0 saturated heterocycles. The summed E-state index contributed by atoms with van der Waals surface area (Å²) in [5.41, 5.74) is 3.35. The van der Waals surface area contributed by atoms with Crippen LogP contribution in [0.1, 0.15) is 42.7 Å². The largest absolute Gasteiger partial charge is 0.294 e. The van der Waals surface area contributed by atoms with Crippen LogP contribution in [-0.2, 0) is 9.59 Å². The van der Waals surface area contributed by atoms with Gasteiger partial charge in [0.15, 0.2) is 5.78 Å². The van der Waals surface area contributed by atoms with Crippen LogP contribution in [0.4, 0.5) is 5.69 Å². The monoisotopic (exact) mass is 376 g/mol. The Hall–Kier alpha value is -2.90. The second-order valence-corrected chi connectivity index (χ2v) is 7.24. The molecular weight excluding hydrogens is 360 g/mol. The molecule has 1 atom stereocenters. The summed E-state index contributed by atoms with van der Waals surface area (Å²) in [5, 5.41) is 10.1. The first-order valence-electron chi connectivity index (χ1n) is 8.94. The third kappa shape index (κ3) is 3.05. The van der Waals surface area contributed by atoms with Crippen LogP contribution in [0.25, 0.3) is 0 Å². The van der Waals surface area contributed by atoms with E-state index < -0.39 is 0 Å². The molecular formula is C22H17ClN2O2. The van der Waals surface area contributed by atoms with Crippen LogP contribution in [-0.4, -0.2) is 11.7 Å². The highest BCUT2D eigenvalue weighted by Crippen LogP contribution is 2.44. The highest BCUT2D eigenvalue weighted by Gasteiger charge is 2.40. The molecule has 0 bridgehead atoms. The number of allylic oxidation sites excluding steroid dienone is 2. The number of carbonyl (C=O) groups excluding carboxylic acids is 2. The number of rotatable bonds is 2. The average molecular weight is 377 g/mol. The number of ketones is 1. The Bertz CT molecular complexity index is 1000. The standard InChI is InChI=1S/C22H17ClN2O2/c23-16-10-8-14(9-11-16)17-12-21(27)25(18-5-2-1-4-15(18)13-24)19-6-3-7-20(26)22(17)19/h1-2,4-5,8-11,17H,3,6-7,12H2. The summed E-state index contributed by atoms with van der Waals surface area (Å²) in [5.74, 6) is -0.266. The Labute approximate surface area is 162 Å². The van der Waals surface area contributed by atoms with Gasteiger partial charge in [-0.1, -0.05) is 35.9 Å². The van der Waals surface area contributed by atoms with Gasteiger partial charge in [-0.25, -0.2) is 0 Å². The summed E-state index contributed by atoms with van der Waals surface area (Å²) in [6.07, 6.45) is 2.05. The molecule has 4 rings (SSSR count). The predicted octanol–water partition coefficient (Wildman–Crippen LogP) is 4.74. The summed E-state index contributed by atoms with van der Waals surface area (Å²) >= 11 is 6.00. The van der Waals surface area contributed by atoms with E-state index in [0.29, 0.717) is 41.1 Å². The fourth-order valence-corrected chi connectivity index (χ4v) is 4.14. The number of nitrogens with zero attached hydrogens (tertiary/aromatic N) is 2. The first kappa shape index (κ1) is 17.5. The topological polar surface area (TPSA) is 61.2 Å². The van der Waals surface area contributed by atoms with E-state index in [1.807, 2.05) is 12.1 Å². The zero-order valence-electron chi connectivity index (χ0n) is 14.6. The maximum absolute atomic E-state index is 13.1.